The Morgan fingerprint density at radius 1 is 1.07 bits per heavy atom. The number of carbonyl (C=O) groups is 3. The van der Waals surface area contributed by atoms with Gasteiger partial charge in [-0.3, -0.25) is 14.5 Å². The molecule has 230 valence electrons. The Morgan fingerprint density at radius 3 is 2.46 bits per heavy atom. The number of alkyl halides is 3. The second kappa shape index (κ2) is 15.1. The van der Waals surface area contributed by atoms with E-state index in [4.69, 9.17) is 16.2 Å². The topological polar surface area (TPSA) is 122 Å². The molecule has 3 amide bonds. The smallest absolute Gasteiger partial charge is 0.416 e. The number of thioether (sulfide) groups is 1. The Hall–Kier alpha value is -2.51. The van der Waals surface area contributed by atoms with Crippen LogP contribution in [0.15, 0.2) is 18.2 Å². The molecule has 3 rings (SSSR count). The van der Waals surface area contributed by atoms with Crippen LogP contribution in [0.5, 0.6) is 0 Å². The number of hydrogen-bond donors (Lipinski definition) is 2. The fourth-order valence-corrected chi connectivity index (χ4v) is 6.08. The van der Waals surface area contributed by atoms with Crippen LogP contribution < -0.4 is 11.5 Å². The summed E-state index contributed by atoms with van der Waals surface area (Å²) in [6, 6.07) is 2.33. The van der Waals surface area contributed by atoms with Crippen molar-refractivity contribution in [3.05, 3.63) is 34.9 Å². The van der Waals surface area contributed by atoms with Crippen LogP contribution in [0, 0.1) is 6.92 Å². The highest BCUT2D eigenvalue weighted by atomic mass is 32.2. The lowest BCUT2D eigenvalue weighted by molar-refractivity contribution is -0.172. The van der Waals surface area contributed by atoms with E-state index < -0.39 is 36.1 Å². The fraction of sp³-hybridized carbons (Fsp3) is 0.679. The molecule has 0 spiro atoms. The zero-order valence-electron chi connectivity index (χ0n) is 23.8. The fourth-order valence-electron chi connectivity index (χ4n) is 5.66. The Bertz CT molecular complexity index is 1060. The number of halogens is 3. The van der Waals surface area contributed by atoms with Crippen molar-refractivity contribution in [2.45, 2.75) is 82.9 Å². The molecule has 0 bridgehead atoms. The van der Waals surface area contributed by atoms with Gasteiger partial charge in [-0.05, 0) is 81.8 Å². The van der Waals surface area contributed by atoms with Gasteiger partial charge in [-0.2, -0.15) is 24.9 Å². The molecule has 2 heterocycles. The van der Waals surface area contributed by atoms with Crippen LogP contribution in [0.3, 0.4) is 0 Å². The second-order valence-corrected chi connectivity index (χ2v) is 11.7. The lowest BCUT2D eigenvalue weighted by Gasteiger charge is -2.54. The minimum absolute atomic E-state index is 0.0255. The van der Waals surface area contributed by atoms with E-state index in [9.17, 15) is 27.6 Å². The normalized spacial score (nSPS) is 21.3. The lowest BCUT2D eigenvalue weighted by Crippen LogP contribution is -2.73. The summed E-state index contributed by atoms with van der Waals surface area (Å²) >= 11 is 1.67. The van der Waals surface area contributed by atoms with Gasteiger partial charge < -0.3 is 26.0 Å². The number of amides is 3. The first-order chi connectivity index (χ1) is 19.5. The van der Waals surface area contributed by atoms with E-state index in [-0.39, 0.29) is 37.0 Å². The van der Waals surface area contributed by atoms with Gasteiger partial charge in [-0.15, -0.1) is 0 Å². The van der Waals surface area contributed by atoms with Crippen molar-refractivity contribution in [3.8, 4) is 0 Å². The summed E-state index contributed by atoms with van der Waals surface area (Å²) < 4.78 is 45.7. The molecule has 13 heteroatoms. The highest BCUT2D eigenvalue weighted by Gasteiger charge is 2.51. The predicted molar refractivity (Wildman–Crippen MR) is 152 cm³/mol. The average molecular weight is 602 g/mol. The Labute approximate surface area is 244 Å². The number of fused-ring (bicyclic) bond motifs is 1. The molecule has 2 aliphatic heterocycles. The quantitative estimate of drug-likeness (QED) is 0.331. The van der Waals surface area contributed by atoms with Gasteiger partial charge in [-0.25, -0.2) is 4.79 Å². The summed E-state index contributed by atoms with van der Waals surface area (Å²) in [7, 11) is 0. The highest BCUT2D eigenvalue weighted by Crippen LogP contribution is 2.34. The van der Waals surface area contributed by atoms with Gasteiger partial charge in [0.25, 0.3) is 0 Å². The maximum atomic E-state index is 13.7. The maximum absolute atomic E-state index is 13.7. The second-order valence-electron chi connectivity index (χ2n) is 10.7. The molecule has 0 aliphatic carbocycles. The Morgan fingerprint density at radius 2 is 1.80 bits per heavy atom. The lowest BCUT2D eigenvalue weighted by atomic mass is 9.94. The van der Waals surface area contributed by atoms with Crippen molar-refractivity contribution in [2.24, 2.45) is 11.5 Å². The molecular weight excluding hydrogens is 559 g/mol. The molecule has 2 fully saturated rings. The highest BCUT2D eigenvalue weighted by molar-refractivity contribution is 7.98. The number of rotatable bonds is 13. The van der Waals surface area contributed by atoms with E-state index in [1.54, 1.807) is 29.7 Å². The summed E-state index contributed by atoms with van der Waals surface area (Å²) in [5.41, 5.74) is 11.2. The van der Waals surface area contributed by atoms with Gasteiger partial charge in [0.2, 0.25) is 11.8 Å². The molecule has 4 N–H and O–H groups in total. The van der Waals surface area contributed by atoms with Gasteiger partial charge in [-0.1, -0.05) is 18.1 Å². The van der Waals surface area contributed by atoms with E-state index in [2.05, 4.69) is 0 Å². The van der Waals surface area contributed by atoms with Gasteiger partial charge in [0.05, 0.1) is 12.1 Å². The molecule has 1 aromatic rings. The summed E-state index contributed by atoms with van der Waals surface area (Å²) in [5.74, 6) is 0.497. The molecule has 41 heavy (non-hydrogen) atoms. The number of nitrogens with two attached hydrogens (primary N) is 2. The van der Waals surface area contributed by atoms with Crippen LogP contribution >= 0.6 is 11.8 Å². The predicted octanol–water partition coefficient (Wildman–Crippen LogP) is 3.71. The first-order valence-corrected chi connectivity index (χ1v) is 15.5. The zero-order chi connectivity index (χ0) is 30.2. The van der Waals surface area contributed by atoms with Crippen molar-refractivity contribution < 1.29 is 32.3 Å². The van der Waals surface area contributed by atoms with Gasteiger partial charge in [0.15, 0.2) is 0 Å². The summed E-state index contributed by atoms with van der Waals surface area (Å²) in [6.07, 6.45) is -0.410. The SMILES string of the molecule is CSCCCN1CC2N(C(=O)OCc3cc(C)cc(C(F)(F)F)c3)C(CCCCN)CC(=O)N2[C@@H](CCCN)C1=O. The third-order valence-electron chi connectivity index (χ3n) is 7.54. The summed E-state index contributed by atoms with van der Waals surface area (Å²) in [4.78, 5) is 45.4. The van der Waals surface area contributed by atoms with Gasteiger partial charge in [0, 0.05) is 19.0 Å². The van der Waals surface area contributed by atoms with E-state index >= 15 is 0 Å². The van der Waals surface area contributed by atoms with Crippen molar-refractivity contribution in [1.82, 2.24) is 14.7 Å². The third-order valence-corrected chi connectivity index (χ3v) is 8.23. The van der Waals surface area contributed by atoms with Crippen LogP contribution in [-0.4, -0.2) is 89.0 Å². The van der Waals surface area contributed by atoms with Crippen LogP contribution in [0.1, 0.15) is 61.6 Å². The van der Waals surface area contributed by atoms with Crippen molar-refractivity contribution >= 4 is 29.7 Å². The summed E-state index contributed by atoms with van der Waals surface area (Å²) in [6.45, 7) is 2.64. The first-order valence-electron chi connectivity index (χ1n) is 14.1. The molecule has 2 saturated heterocycles. The summed E-state index contributed by atoms with van der Waals surface area (Å²) in [5, 5.41) is 0. The van der Waals surface area contributed by atoms with Crippen LogP contribution in [-0.2, 0) is 27.1 Å². The van der Waals surface area contributed by atoms with Crippen molar-refractivity contribution in [3.63, 3.8) is 0 Å². The molecule has 1 aromatic carbocycles. The number of carbonyl (C=O) groups excluding carboxylic acids is 3. The van der Waals surface area contributed by atoms with Crippen LogP contribution in [0.25, 0.3) is 0 Å². The molecule has 0 aromatic heterocycles. The van der Waals surface area contributed by atoms with Crippen LogP contribution in [0.4, 0.5) is 18.0 Å². The number of unbranched alkanes of at least 4 members (excludes halogenated alkanes) is 1. The minimum atomic E-state index is -4.53. The molecule has 2 unspecified atom stereocenters. The first kappa shape index (κ1) is 33.0. The molecular formula is C28H42F3N5O4S. The minimum Gasteiger partial charge on any atom is -0.444 e. The number of aryl methyl sites for hydroxylation is 1. The van der Waals surface area contributed by atoms with Crippen molar-refractivity contribution in [1.29, 1.82) is 0 Å². The molecule has 9 nitrogen and oxygen atoms in total. The van der Waals surface area contributed by atoms with E-state index in [1.165, 1.54) is 9.80 Å². The number of piperazine rings is 1. The molecule has 0 saturated carbocycles. The maximum Gasteiger partial charge on any atom is 0.416 e. The van der Waals surface area contributed by atoms with E-state index in [0.29, 0.717) is 57.3 Å². The number of ether oxygens (including phenoxy) is 1. The average Bonchev–Trinajstić information content (AvgIpc) is 2.91. The largest absolute Gasteiger partial charge is 0.444 e. The van der Waals surface area contributed by atoms with Crippen molar-refractivity contribution in [2.75, 3.05) is 38.2 Å². The third kappa shape index (κ3) is 8.51. The Balaban J connectivity index is 1.91. The Kier molecular flexibility index (Phi) is 12.2. The van der Waals surface area contributed by atoms with Gasteiger partial charge in [0.1, 0.15) is 18.8 Å². The molecule has 2 aliphatic rings. The zero-order valence-corrected chi connectivity index (χ0v) is 24.6. The molecule has 3 atom stereocenters. The molecule has 0 radical (unpaired) electrons. The standard InChI is InChI=1S/C28H42F3N5O4S/c1-19-13-20(15-21(14-19)28(29,30)31)18-40-27(39)35-22(7-3-4-9-32)16-25(37)36-23(8-5-10-33)26(38)34(17-24(35)36)11-6-12-41-2/h13-15,22-24H,3-12,16-18,32-33H2,1-2H3/t22?,23-,24?/m0/s1. The number of nitrogens with zero attached hydrogens (tertiary/aromatic N) is 3. The van der Waals surface area contributed by atoms with Crippen LogP contribution in [0.2, 0.25) is 0 Å². The number of hydrogen-bond acceptors (Lipinski definition) is 7. The van der Waals surface area contributed by atoms with Gasteiger partial charge >= 0.3 is 12.3 Å². The monoisotopic (exact) mass is 601 g/mol. The number of benzene rings is 1. The van der Waals surface area contributed by atoms with E-state index in [0.717, 1.165) is 24.3 Å². The van der Waals surface area contributed by atoms with E-state index in [1.807, 2.05) is 6.26 Å².